The van der Waals surface area contributed by atoms with Crippen molar-refractivity contribution in [3.8, 4) is 0 Å². The molecule has 13 heteroatoms. The van der Waals surface area contributed by atoms with Gasteiger partial charge in [-0.3, -0.25) is 0 Å². The van der Waals surface area contributed by atoms with E-state index in [1.54, 1.807) is 0 Å². The van der Waals surface area contributed by atoms with Gasteiger partial charge >= 0.3 is 19.8 Å². The lowest BCUT2D eigenvalue weighted by Gasteiger charge is -1.64. The van der Waals surface area contributed by atoms with Crippen LogP contribution >= 0.6 is 23.1 Å². The first kappa shape index (κ1) is 29.2. The third-order valence-corrected chi connectivity index (χ3v) is 0. The molecule has 88 valence electrons. The summed E-state index contributed by atoms with van der Waals surface area (Å²) in [5.74, 6) is 0. The van der Waals surface area contributed by atoms with E-state index < -0.39 is 19.8 Å². The molecule has 0 aromatic rings. The zero-order chi connectivity index (χ0) is 9.00. The van der Waals surface area contributed by atoms with Crippen molar-refractivity contribution in [3.63, 3.8) is 0 Å². The van der Waals surface area contributed by atoms with Gasteiger partial charge in [0, 0.05) is 0 Å². The standard InChI is InChI=1S/ClFO2S.ClH.FH2NO2S.2H3N/c1-5(2,3)4;;1-5(2,3)4;;/h;1H;(H2,2,3,4);2*1H3. The first-order valence-corrected chi connectivity index (χ1v) is 5.02. The van der Waals surface area contributed by atoms with E-state index in [0.717, 1.165) is 0 Å². The third-order valence-electron chi connectivity index (χ3n) is 0. The maximum absolute atomic E-state index is 10.4. The zero-order valence-electron chi connectivity index (χ0n) is 5.98. The summed E-state index contributed by atoms with van der Waals surface area (Å²) >= 11 is 0. The van der Waals surface area contributed by atoms with Crippen LogP contribution in [0.5, 0.6) is 0 Å². The molecule has 0 unspecified atom stereocenters. The lowest BCUT2D eigenvalue weighted by molar-refractivity contribution is 0.553. The van der Waals surface area contributed by atoms with Gasteiger partial charge in [-0.2, -0.15) is 16.8 Å². The van der Waals surface area contributed by atoms with E-state index in [4.69, 9.17) is 16.8 Å². The van der Waals surface area contributed by atoms with Crippen molar-refractivity contribution >= 4 is 42.9 Å². The number of halogens is 4. The number of nitrogens with two attached hydrogens (primary N) is 1. The van der Waals surface area contributed by atoms with Gasteiger partial charge in [0.05, 0.1) is 10.7 Å². The topological polar surface area (TPSA) is 164 Å². The molecule has 0 rings (SSSR count). The normalized spacial score (nSPS) is 8.92. The second kappa shape index (κ2) is 10.3. The Kier molecular flexibility index (Phi) is 23.2. The van der Waals surface area contributed by atoms with Crippen LogP contribution < -0.4 is 17.4 Å². The Balaban J connectivity index is -0.0000000267. The van der Waals surface area contributed by atoms with Crippen molar-refractivity contribution in [2.45, 2.75) is 0 Å². The van der Waals surface area contributed by atoms with Gasteiger partial charge in [0.25, 0.3) is 0 Å². The van der Waals surface area contributed by atoms with E-state index in [1.807, 2.05) is 0 Å². The minimum Gasteiger partial charge on any atom is -0.344 e. The van der Waals surface area contributed by atoms with Crippen LogP contribution in [0.3, 0.4) is 0 Å². The Morgan fingerprint density at radius 3 is 1.00 bits per heavy atom. The Hall–Kier alpha value is 0.220. The maximum atomic E-state index is 10.4. The SMILES string of the molecule is Cl.N.N.NS(=O)(=O)F.O=S(=O)(F)Cl. The Bertz CT molecular complexity index is 226. The molecule has 8 N–H and O–H groups in total. The molecular formula is H9Cl2F2N3O4S2. The van der Waals surface area contributed by atoms with Gasteiger partial charge in [0.1, 0.15) is 0 Å². The van der Waals surface area contributed by atoms with E-state index in [2.05, 4.69) is 15.8 Å². The van der Waals surface area contributed by atoms with Gasteiger partial charge in [-0.15, -0.1) is 12.4 Å². The fourth-order valence-electron chi connectivity index (χ4n) is 0. The number of hydrogen-bond donors (Lipinski definition) is 3. The summed E-state index contributed by atoms with van der Waals surface area (Å²) in [6, 6.07) is 0. The molecule has 0 aliphatic carbocycles. The molecule has 0 aliphatic heterocycles. The van der Waals surface area contributed by atoms with E-state index in [-0.39, 0.29) is 24.7 Å². The Morgan fingerprint density at radius 1 is 1.00 bits per heavy atom. The molecule has 0 bridgehead atoms. The van der Waals surface area contributed by atoms with Crippen LogP contribution in [-0.4, -0.2) is 16.8 Å². The van der Waals surface area contributed by atoms with Crippen LogP contribution in [0.15, 0.2) is 0 Å². The van der Waals surface area contributed by atoms with Crippen molar-refractivity contribution in [1.82, 2.24) is 12.3 Å². The van der Waals surface area contributed by atoms with Crippen LogP contribution in [-0.2, 0) is 19.8 Å². The van der Waals surface area contributed by atoms with E-state index >= 15 is 0 Å². The van der Waals surface area contributed by atoms with E-state index in [0.29, 0.717) is 0 Å². The van der Waals surface area contributed by atoms with Crippen LogP contribution in [0.1, 0.15) is 0 Å². The van der Waals surface area contributed by atoms with E-state index in [9.17, 15) is 7.77 Å². The van der Waals surface area contributed by atoms with Crippen molar-refractivity contribution in [2.24, 2.45) is 5.14 Å². The summed E-state index contributed by atoms with van der Waals surface area (Å²) in [5, 5.41) is 3.66. The Labute approximate surface area is 85.3 Å². The highest BCUT2D eigenvalue weighted by atomic mass is 35.7. The average molecular weight is 288 g/mol. The summed E-state index contributed by atoms with van der Waals surface area (Å²) in [4.78, 5) is 0. The van der Waals surface area contributed by atoms with Crippen molar-refractivity contribution in [3.05, 3.63) is 0 Å². The van der Waals surface area contributed by atoms with Gasteiger partial charge in [0.2, 0.25) is 0 Å². The molecule has 0 heterocycles. The number of hydrogen-bond acceptors (Lipinski definition) is 6. The third kappa shape index (κ3) is 26400. The summed E-state index contributed by atoms with van der Waals surface area (Å²) in [7, 11) is -5.53. The summed E-state index contributed by atoms with van der Waals surface area (Å²) in [5.41, 5.74) is 0. The monoisotopic (exact) mass is 287 g/mol. The second-order valence-corrected chi connectivity index (χ2v) is 3.67. The zero-order valence-corrected chi connectivity index (χ0v) is 9.19. The quantitative estimate of drug-likeness (QED) is 0.544. The van der Waals surface area contributed by atoms with Gasteiger partial charge in [-0.1, -0.05) is 7.77 Å². The van der Waals surface area contributed by atoms with Gasteiger partial charge in [0.15, 0.2) is 0 Å². The van der Waals surface area contributed by atoms with Crippen molar-refractivity contribution in [2.75, 3.05) is 0 Å². The van der Waals surface area contributed by atoms with Crippen LogP contribution in [0.25, 0.3) is 0 Å². The molecule has 0 aromatic carbocycles. The lowest BCUT2D eigenvalue weighted by Crippen LogP contribution is -2.01. The van der Waals surface area contributed by atoms with Crippen LogP contribution in [0, 0.1) is 0 Å². The Morgan fingerprint density at radius 2 is 1.00 bits per heavy atom. The molecule has 0 spiro atoms. The van der Waals surface area contributed by atoms with Gasteiger partial charge in [-0.05, 0) is 0 Å². The minimum absolute atomic E-state index is 0. The van der Waals surface area contributed by atoms with Gasteiger partial charge in [-0.25, -0.2) is 5.14 Å². The van der Waals surface area contributed by atoms with Gasteiger partial charge < -0.3 is 12.3 Å². The summed E-state index contributed by atoms with van der Waals surface area (Å²) in [6.07, 6.45) is 0. The van der Waals surface area contributed by atoms with E-state index in [1.165, 1.54) is 0 Å². The highest BCUT2D eigenvalue weighted by molar-refractivity contribution is 8.09. The molecule has 0 aromatic heterocycles. The fourth-order valence-corrected chi connectivity index (χ4v) is 0. The molecule has 13 heavy (non-hydrogen) atoms. The maximum Gasteiger partial charge on any atom is 0.391 e. The molecule has 0 saturated heterocycles. The predicted molar refractivity (Wildman–Crippen MR) is 47.4 cm³/mol. The highest BCUT2D eigenvalue weighted by Crippen LogP contribution is 1.92. The molecule has 0 radical (unpaired) electrons. The van der Waals surface area contributed by atoms with Crippen molar-refractivity contribution < 1.29 is 24.6 Å². The lowest BCUT2D eigenvalue weighted by atomic mass is 13.9. The first-order chi connectivity index (χ1) is 4.00. The molecular weight excluding hydrogens is 279 g/mol. The molecule has 0 amide bonds. The molecule has 0 fully saturated rings. The smallest absolute Gasteiger partial charge is 0.344 e. The fraction of sp³-hybridized carbons (Fsp3) is 0. The minimum atomic E-state index is -4.69. The summed E-state index contributed by atoms with van der Waals surface area (Å²) in [6.45, 7) is 0. The van der Waals surface area contributed by atoms with Crippen LogP contribution in [0.2, 0.25) is 0 Å². The highest BCUT2D eigenvalue weighted by Gasteiger charge is 1.91. The second-order valence-electron chi connectivity index (χ2n) is 0.854. The average Bonchev–Trinajstić information content (AvgIpc) is 1.12. The summed E-state index contributed by atoms with van der Waals surface area (Å²) < 4.78 is 55.8. The van der Waals surface area contributed by atoms with Crippen LogP contribution in [0.4, 0.5) is 7.77 Å². The first-order valence-electron chi connectivity index (χ1n) is 1.37. The number of rotatable bonds is 0. The molecule has 0 aliphatic rings. The predicted octanol–water partition coefficient (Wildman–Crippen LogP) is 0.345. The molecule has 0 atom stereocenters. The largest absolute Gasteiger partial charge is 0.391 e. The van der Waals surface area contributed by atoms with Crippen molar-refractivity contribution in [1.29, 1.82) is 0 Å². The molecule has 0 saturated carbocycles. The molecule has 7 nitrogen and oxygen atoms in total.